The summed E-state index contributed by atoms with van der Waals surface area (Å²) >= 11 is 7.86. The number of nitrogens with zero attached hydrogens (tertiary/aromatic N) is 3. The molecule has 0 atom stereocenters. The number of oxazole rings is 1. The smallest absolute Gasteiger partial charge is 0.199 e. The van der Waals surface area contributed by atoms with Gasteiger partial charge in [-0.3, -0.25) is 4.90 Å². The molecule has 2 fully saturated rings. The van der Waals surface area contributed by atoms with Gasteiger partial charge in [-0.2, -0.15) is 0 Å². The van der Waals surface area contributed by atoms with E-state index in [1.165, 1.54) is 10.6 Å². The number of rotatable bonds is 6. The normalized spacial score (nSPS) is 20.5. The Morgan fingerprint density at radius 3 is 2.38 bits per heavy atom. The number of hydrogen-bond acceptors (Lipinski definition) is 6. The van der Waals surface area contributed by atoms with Crippen molar-refractivity contribution in [3.8, 4) is 11.3 Å². The SMILES string of the molecule is CC(C)N1CCN(c2ccc(-c3nc(C4CCOCC4)oc3SC3=CC=C(Cl)CC3)cc2)CC1. The number of hydrogen-bond donors (Lipinski definition) is 0. The molecular formula is C27H34ClN3O2S. The number of aromatic nitrogens is 1. The van der Waals surface area contributed by atoms with E-state index in [9.17, 15) is 0 Å². The maximum Gasteiger partial charge on any atom is 0.199 e. The molecule has 0 spiro atoms. The summed E-state index contributed by atoms with van der Waals surface area (Å²) < 4.78 is 12.0. The molecule has 5 nitrogen and oxygen atoms in total. The molecular weight excluding hydrogens is 466 g/mol. The van der Waals surface area contributed by atoms with Crippen LogP contribution in [-0.4, -0.2) is 55.3 Å². The molecule has 0 N–H and O–H groups in total. The molecule has 0 radical (unpaired) electrons. The average molecular weight is 500 g/mol. The minimum Gasteiger partial charge on any atom is -0.433 e. The van der Waals surface area contributed by atoms with Crippen molar-refractivity contribution in [2.24, 2.45) is 0 Å². The Morgan fingerprint density at radius 1 is 1.00 bits per heavy atom. The first-order valence-electron chi connectivity index (χ1n) is 12.5. The van der Waals surface area contributed by atoms with E-state index in [-0.39, 0.29) is 0 Å². The van der Waals surface area contributed by atoms with Crippen molar-refractivity contribution < 1.29 is 9.15 Å². The molecule has 0 amide bonds. The summed E-state index contributed by atoms with van der Waals surface area (Å²) in [6.07, 6.45) is 7.86. The fraction of sp³-hybridized carbons (Fsp3) is 0.519. The lowest BCUT2D eigenvalue weighted by Gasteiger charge is -2.38. The summed E-state index contributed by atoms with van der Waals surface area (Å²) in [7, 11) is 0. The molecule has 3 heterocycles. The van der Waals surface area contributed by atoms with E-state index in [0.29, 0.717) is 12.0 Å². The highest BCUT2D eigenvalue weighted by Crippen LogP contribution is 2.42. The van der Waals surface area contributed by atoms with Gasteiger partial charge >= 0.3 is 0 Å². The van der Waals surface area contributed by atoms with Crippen LogP contribution in [0.5, 0.6) is 0 Å². The molecule has 2 aliphatic heterocycles. The Bertz CT molecular complexity index is 1030. The van der Waals surface area contributed by atoms with E-state index < -0.39 is 0 Å². The van der Waals surface area contributed by atoms with Crippen molar-refractivity contribution in [2.45, 2.75) is 56.6 Å². The zero-order valence-corrected chi connectivity index (χ0v) is 21.7. The molecule has 5 rings (SSSR count). The van der Waals surface area contributed by atoms with Crippen LogP contribution in [0, 0.1) is 0 Å². The number of benzene rings is 1. The van der Waals surface area contributed by atoms with Gasteiger partial charge in [-0.25, -0.2) is 4.98 Å². The van der Waals surface area contributed by atoms with Gasteiger partial charge in [0.1, 0.15) is 5.69 Å². The van der Waals surface area contributed by atoms with Gasteiger partial charge in [0, 0.05) is 67.6 Å². The van der Waals surface area contributed by atoms with Crippen LogP contribution in [0.15, 0.2) is 55.9 Å². The van der Waals surface area contributed by atoms with E-state index in [1.54, 1.807) is 11.8 Å². The van der Waals surface area contributed by atoms with Gasteiger partial charge in [0.15, 0.2) is 11.0 Å². The van der Waals surface area contributed by atoms with Crippen LogP contribution < -0.4 is 4.90 Å². The minimum atomic E-state index is 0.327. The molecule has 1 aromatic carbocycles. The predicted molar refractivity (Wildman–Crippen MR) is 141 cm³/mol. The van der Waals surface area contributed by atoms with Crippen LogP contribution in [0.1, 0.15) is 51.3 Å². The monoisotopic (exact) mass is 499 g/mol. The average Bonchev–Trinajstić information content (AvgIpc) is 3.30. The fourth-order valence-electron chi connectivity index (χ4n) is 4.82. The van der Waals surface area contributed by atoms with E-state index in [1.807, 2.05) is 6.08 Å². The Hall–Kier alpha value is -1.73. The van der Waals surface area contributed by atoms with Crippen LogP contribution in [0.25, 0.3) is 11.3 Å². The van der Waals surface area contributed by atoms with Crippen LogP contribution in [-0.2, 0) is 4.74 Å². The van der Waals surface area contributed by atoms with Crippen LogP contribution in [0.4, 0.5) is 5.69 Å². The Kier molecular flexibility index (Phi) is 7.69. The zero-order chi connectivity index (χ0) is 23.5. The van der Waals surface area contributed by atoms with Crippen LogP contribution >= 0.6 is 23.4 Å². The van der Waals surface area contributed by atoms with E-state index in [2.05, 4.69) is 54.0 Å². The van der Waals surface area contributed by atoms with Crippen molar-refractivity contribution in [3.63, 3.8) is 0 Å². The lowest BCUT2D eigenvalue weighted by Crippen LogP contribution is -2.48. The van der Waals surface area contributed by atoms with E-state index in [0.717, 1.165) is 92.3 Å². The molecule has 7 heteroatoms. The Labute approximate surface area is 212 Å². The second-order valence-corrected chi connectivity index (χ2v) is 11.2. The number of piperazine rings is 1. The van der Waals surface area contributed by atoms with Gasteiger partial charge < -0.3 is 14.1 Å². The molecule has 1 aromatic heterocycles. The first-order valence-corrected chi connectivity index (χ1v) is 13.7. The molecule has 3 aliphatic rings. The van der Waals surface area contributed by atoms with Crippen molar-refractivity contribution in [1.82, 2.24) is 9.88 Å². The van der Waals surface area contributed by atoms with Crippen molar-refractivity contribution >= 4 is 29.1 Å². The largest absolute Gasteiger partial charge is 0.433 e. The summed E-state index contributed by atoms with van der Waals surface area (Å²) in [5, 5.41) is 1.80. The topological polar surface area (TPSA) is 41.7 Å². The van der Waals surface area contributed by atoms with Crippen molar-refractivity contribution in [2.75, 3.05) is 44.3 Å². The summed E-state index contributed by atoms with van der Waals surface area (Å²) in [4.78, 5) is 11.3. The zero-order valence-electron chi connectivity index (χ0n) is 20.1. The van der Waals surface area contributed by atoms with Gasteiger partial charge in [-0.15, -0.1) is 0 Å². The van der Waals surface area contributed by atoms with Gasteiger partial charge in [0.25, 0.3) is 0 Å². The molecule has 0 saturated carbocycles. The molecule has 1 aliphatic carbocycles. The minimum absolute atomic E-state index is 0.327. The second kappa shape index (κ2) is 10.9. The summed E-state index contributed by atoms with van der Waals surface area (Å²) in [5.74, 6) is 1.17. The standard InChI is InChI=1S/C27H34ClN3O2S/c1-19(2)30-13-15-31(16-14-30)23-7-3-20(4-8-23)25-27(34-24-9-5-22(28)6-10-24)33-26(29-25)21-11-17-32-18-12-21/h3-5,7-9,19,21H,6,10-18H2,1-2H3. The molecule has 34 heavy (non-hydrogen) atoms. The quantitative estimate of drug-likeness (QED) is 0.442. The Morgan fingerprint density at radius 2 is 1.74 bits per heavy atom. The molecule has 182 valence electrons. The maximum absolute atomic E-state index is 6.40. The number of thioether (sulfide) groups is 1. The maximum atomic E-state index is 6.40. The summed E-state index contributed by atoms with van der Waals surface area (Å²) in [6, 6.07) is 9.49. The summed E-state index contributed by atoms with van der Waals surface area (Å²) in [6.45, 7) is 10.5. The van der Waals surface area contributed by atoms with Crippen molar-refractivity contribution in [3.05, 3.63) is 52.2 Å². The highest BCUT2D eigenvalue weighted by atomic mass is 35.5. The van der Waals surface area contributed by atoms with Gasteiger partial charge in [-0.05, 0) is 62.6 Å². The number of halogens is 1. The Balaban J connectivity index is 1.37. The second-order valence-electron chi connectivity index (χ2n) is 9.59. The summed E-state index contributed by atoms with van der Waals surface area (Å²) in [5.41, 5.74) is 3.34. The third-order valence-electron chi connectivity index (χ3n) is 7.02. The molecule has 2 saturated heterocycles. The predicted octanol–water partition coefficient (Wildman–Crippen LogP) is 6.66. The number of allylic oxidation sites excluding steroid dienone is 4. The molecule has 0 unspecified atom stereocenters. The highest BCUT2D eigenvalue weighted by molar-refractivity contribution is 8.03. The number of ether oxygens (including phenoxy) is 1. The van der Waals surface area contributed by atoms with Crippen LogP contribution in [0.3, 0.4) is 0 Å². The van der Waals surface area contributed by atoms with E-state index in [4.69, 9.17) is 25.7 Å². The van der Waals surface area contributed by atoms with Gasteiger partial charge in [0.05, 0.1) is 0 Å². The fourth-order valence-corrected chi connectivity index (χ4v) is 5.94. The number of anilines is 1. The van der Waals surface area contributed by atoms with Gasteiger partial charge in [0.2, 0.25) is 0 Å². The lowest BCUT2D eigenvalue weighted by atomic mass is 10.0. The third kappa shape index (κ3) is 5.56. The van der Waals surface area contributed by atoms with E-state index >= 15 is 0 Å². The van der Waals surface area contributed by atoms with Crippen LogP contribution in [0.2, 0.25) is 0 Å². The highest BCUT2D eigenvalue weighted by Gasteiger charge is 2.26. The van der Waals surface area contributed by atoms with Crippen molar-refractivity contribution in [1.29, 1.82) is 0 Å². The first-order chi connectivity index (χ1) is 16.6. The molecule has 0 bridgehead atoms. The first kappa shape index (κ1) is 24.0. The van der Waals surface area contributed by atoms with Gasteiger partial charge in [-0.1, -0.05) is 41.6 Å². The third-order valence-corrected chi connectivity index (χ3v) is 8.40. The lowest BCUT2D eigenvalue weighted by molar-refractivity contribution is 0.0786. The molecule has 2 aromatic rings.